The highest BCUT2D eigenvalue weighted by molar-refractivity contribution is 5.96. The first-order valence-corrected chi connectivity index (χ1v) is 8.30. The number of hydrogen-bond donors (Lipinski definition) is 2. The van der Waals surface area contributed by atoms with Crippen molar-refractivity contribution in [1.82, 2.24) is 20.4 Å². The number of nitrogens with zero attached hydrogens (tertiary/aromatic N) is 2. The summed E-state index contributed by atoms with van der Waals surface area (Å²) in [5, 5.41) is 4.73. The highest BCUT2D eigenvalue weighted by Gasteiger charge is 2.25. The summed E-state index contributed by atoms with van der Waals surface area (Å²) in [5.74, 6) is -0.258. The number of imide groups is 1. The van der Waals surface area contributed by atoms with Crippen LogP contribution in [0.25, 0.3) is 6.08 Å². The van der Waals surface area contributed by atoms with Crippen LogP contribution in [-0.4, -0.2) is 67.6 Å². The summed E-state index contributed by atoms with van der Waals surface area (Å²) in [6.07, 6.45) is 4.30. The Morgan fingerprint density at radius 2 is 1.83 bits per heavy atom. The number of nitrogens with one attached hydrogen (secondary N) is 2. The Bertz CT molecular complexity index is 566. The number of hydrogen-bond acceptors (Lipinski definition) is 4. The van der Waals surface area contributed by atoms with Crippen LogP contribution in [0.1, 0.15) is 12.5 Å². The summed E-state index contributed by atoms with van der Waals surface area (Å²) >= 11 is 0. The lowest BCUT2D eigenvalue weighted by molar-refractivity contribution is -0.125. The minimum absolute atomic E-state index is 0.258. The number of urea groups is 1. The van der Waals surface area contributed by atoms with Crippen LogP contribution in [0.3, 0.4) is 0 Å². The molecule has 2 rings (SSSR count). The lowest BCUT2D eigenvalue weighted by atomic mass is 10.2. The van der Waals surface area contributed by atoms with Crippen molar-refractivity contribution in [2.24, 2.45) is 0 Å². The molecule has 6 nitrogen and oxygen atoms in total. The minimum Gasteiger partial charge on any atom is -0.341 e. The fourth-order valence-corrected chi connectivity index (χ4v) is 2.68. The Kier molecular flexibility index (Phi) is 6.96. The van der Waals surface area contributed by atoms with E-state index in [-0.39, 0.29) is 11.9 Å². The third kappa shape index (κ3) is 5.47. The fourth-order valence-electron chi connectivity index (χ4n) is 2.68. The van der Waals surface area contributed by atoms with Crippen molar-refractivity contribution in [3.63, 3.8) is 0 Å². The van der Waals surface area contributed by atoms with Gasteiger partial charge in [-0.15, -0.1) is 0 Å². The van der Waals surface area contributed by atoms with Crippen LogP contribution in [0.15, 0.2) is 36.4 Å². The maximum absolute atomic E-state index is 12.0. The molecule has 1 saturated heterocycles. The Hall–Kier alpha value is -2.18. The predicted molar refractivity (Wildman–Crippen MR) is 95.5 cm³/mol. The molecule has 0 aliphatic carbocycles. The van der Waals surface area contributed by atoms with Gasteiger partial charge in [-0.3, -0.25) is 19.9 Å². The molecule has 1 fully saturated rings. The minimum atomic E-state index is -0.462. The van der Waals surface area contributed by atoms with Gasteiger partial charge in [-0.2, -0.15) is 0 Å². The van der Waals surface area contributed by atoms with Crippen LogP contribution in [0.4, 0.5) is 4.79 Å². The molecule has 1 atom stereocenters. The van der Waals surface area contributed by atoms with E-state index >= 15 is 0 Å². The second-order valence-electron chi connectivity index (χ2n) is 5.89. The van der Waals surface area contributed by atoms with Crippen LogP contribution in [0.5, 0.6) is 0 Å². The normalized spacial score (nSPS) is 17.6. The predicted octanol–water partition coefficient (Wildman–Crippen LogP) is 1.16. The second kappa shape index (κ2) is 9.20. The third-order valence-corrected chi connectivity index (χ3v) is 4.27. The number of carbonyl (C=O) groups is 2. The van der Waals surface area contributed by atoms with Crippen molar-refractivity contribution in [1.29, 1.82) is 0 Å². The molecule has 1 aromatic rings. The zero-order valence-corrected chi connectivity index (χ0v) is 14.4. The average Bonchev–Trinajstić information content (AvgIpc) is 2.62. The summed E-state index contributed by atoms with van der Waals surface area (Å²) in [5.41, 5.74) is 1.20. The molecule has 0 spiro atoms. The van der Waals surface area contributed by atoms with Crippen molar-refractivity contribution >= 4 is 18.0 Å². The molecule has 24 heavy (non-hydrogen) atoms. The molecule has 0 unspecified atom stereocenters. The van der Waals surface area contributed by atoms with Gasteiger partial charge in [0, 0.05) is 39.8 Å². The standard InChI is InChI=1S/C18H26N4O2/c1-15(17(23)20-18(24)19-2)22-13-11-21(12-14-22)10-6-9-16-7-4-3-5-8-16/h3-9,15H,10-14H2,1-2H3,(H2,19,20,23,24)/b9-6+/t15-/m0/s1. The molecule has 2 N–H and O–H groups in total. The summed E-state index contributed by atoms with van der Waals surface area (Å²) in [7, 11) is 1.50. The largest absolute Gasteiger partial charge is 0.341 e. The monoisotopic (exact) mass is 330 g/mol. The van der Waals surface area contributed by atoms with E-state index in [1.165, 1.54) is 12.6 Å². The summed E-state index contributed by atoms with van der Waals surface area (Å²) in [6.45, 7) is 6.21. The molecule has 0 radical (unpaired) electrons. The molecule has 130 valence electrons. The summed E-state index contributed by atoms with van der Waals surface area (Å²) < 4.78 is 0. The summed E-state index contributed by atoms with van der Waals surface area (Å²) in [6, 6.07) is 9.48. The van der Waals surface area contributed by atoms with Gasteiger partial charge in [-0.1, -0.05) is 42.5 Å². The maximum Gasteiger partial charge on any atom is 0.321 e. The quantitative estimate of drug-likeness (QED) is 0.850. The van der Waals surface area contributed by atoms with Crippen molar-refractivity contribution in [3.05, 3.63) is 42.0 Å². The first kappa shape index (κ1) is 18.2. The first-order valence-electron chi connectivity index (χ1n) is 8.30. The van der Waals surface area contributed by atoms with E-state index in [2.05, 4.69) is 44.7 Å². The van der Waals surface area contributed by atoms with Crippen molar-refractivity contribution in [3.8, 4) is 0 Å². The van der Waals surface area contributed by atoms with Gasteiger partial charge in [0.15, 0.2) is 0 Å². The van der Waals surface area contributed by atoms with Crippen LogP contribution >= 0.6 is 0 Å². The van der Waals surface area contributed by atoms with E-state index in [0.29, 0.717) is 0 Å². The van der Waals surface area contributed by atoms with E-state index in [4.69, 9.17) is 0 Å². The van der Waals surface area contributed by atoms with E-state index in [1.807, 2.05) is 25.1 Å². The molecule has 0 bridgehead atoms. The topological polar surface area (TPSA) is 64.7 Å². The fraction of sp³-hybridized carbons (Fsp3) is 0.444. The Morgan fingerprint density at radius 1 is 1.17 bits per heavy atom. The molecule has 1 aromatic carbocycles. The van der Waals surface area contributed by atoms with Gasteiger partial charge >= 0.3 is 6.03 Å². The van der Waals surface area contributed by atoms with Gasteiger partial charge in [0.2, 0.25) is 5.91 Å². The van der Waals surface area contributed by atoms with Crippen LogP contribution in [-0.2, 0) is 4.79 Å². The van der Waals surface area contributed by atoms with E-state index in [9.17, 15) is 9.59 Å². The van der Waals surface area contributed by atoms with Crippen LogP contribution in [0, 0.1) is 0 Å². The molecule has 6 heteroatoms. The molecule has 1 aliphatic heterocycles. The molecule has 1 heterocycles. The Labute approximate surface area is 143 Å². The van der Waals surface area contributed by atoms with Gasteiger partial charge < -0.3 is 5.32 Å². The van der Waals surface area contributed by atoms with Gasteiger partial charge in [0.1, 0.15) is 0 Å². The molecule has 3 amide bonds. The number of benzene rings is 1. The third-order valence-electron chi connectivity index (χ3n) is 4.27. The van der Waals surface area contributed by atoms with E-state index in [1.54, 1.807) is 0 Å². The van der Waals surface area contributed by atoms with E-state index < -0.39 is 6.03 Å². The average molecular weight is 330 g/mol. The highest BCUT2D eigenvalue weighted by atomic mass is 16.2. The Morgan fingerprint density at radius 3 is 2.46 bits per heavy atom. The SMILES string of the molecule is CNC(=O)NC(=O)[C@H](C)N1CCN(C/C=C/c2ccccc2)CC1. The highest BCUT2D eigenvalue weighted by Crippen LogP contribution is 2.07. The van der Waals surface area contributed by atoms with Gasteiger partial charge in [0.25, 0.3) is 0 Å². The van der Waals surface area contributed by atoms with Crippen LogP contribution < -0.4 is 10.6 Å². The molecular formula is C18H26N4O2. The van der Waals surface area contributed by atoms with Gasteiger partial charge in [-0.25, -0.2) is 4.79 Å². The number of amides is 3. The van der Waals surface area contributed by atoms with Crippen molar-refractivity contribution < 1.29 is 9.59 Å². The zero-order chi connectivity index (χ0) is 17.4. The molecular weight excluding hydrogens is 304 g/mol. The van der Waals surface area contributed by atoms with Gasteiger partial charge in [0.05, 0.1) is 6.04 Å². The first-order chi connectivity index (χ1) is 11.6. The van der Waals surface area contributed by atoms with Crippen molar-refractivity contribution in [2.75, 3.05) is 39.8 Å². The zero-order valence-electron chi connectivity index (χ0n) is 14.4. The smallest absolute Gasteiger partial charge is 0.321 e. The molecule has 1 aliphatic rings. The van der Waals surface area contributed by atoms with E-state index in [0.717, 1.165) is 32.7 Å². The molecule has 0 saturated carbocycles. The number of rotatable bonds is 5. The lowest BCUT2D eigenvalue weighted by Gasteiger charge is -2.36. The van der Waals surface area contributed by atoms with Gasteiger partial charge in [-0.05, 0) is 12.5 Å². The van der Waals surface area contributed by atoms with Crippen LogP contribution in [0.2, 0.25) is 0 Å². The lowest BCUT2D eigenvalue weighted by Crippen LogP contribution is -2.55. The number of carbonyl (C=O) groups excluding carboxylic acids is 2. The maximum atomic E-state index is 12.0. The Balaban J connectivity index is 1.73. The summed E-state index contributed by atoms with van der Waals surface area (Å²) in [4.78, 5) is 27.7. The second-order valence-corrected chi connectivity index (χ2v) is 5.89. The number of piperazine rings is 1. The molecule has 0 aromatic heterocycles. The van der Waals surface area contributed by atoms with Crippen molar-refractivity contribution in [2.45, 2.75) is 13.0 Å².